The van der Waals surface area contributed by atoms with E-state index in [2.05, 4.69) is 27.7 Å². The topological polar surface area (TPSA) is 57.2 Å². The van der Waals surface area contributed by atoms with Crippen molar-refractivity contribution in [3.63, 3.8) is 0 Å². The number of quaternary nitrogens is 1. The van der Waals surface area contributed by atoms with Crippen molar-refractivity contribution in [2.45, 2.75) is 79.1 Å². The molecule has 0 aliphatic carbocycles. The minimum absolute atomic E-state index is 0.554. The van der Waals surface area contributed by atoms with Gasteiger partial charge in [0.15, 0.2) is 0 Å². The Morgan fingerprint density at radius 1 is 0.897 bits per heavy atom. The molecule has 0 atom stereocenters. The zero-order valence-electron chi connectivity index (χ0n) is 18.7. The third-order valence-electron chi connectivity index (χ3n) is 4.94. The largest absolute Gasteiger partial charge is 0.744 e. The van der Waals surface area contributed by atoms with Crippen LogP contribution in [0.25, 0.3) is 6.08 Å². The highest BCUT2D eigenvalue weighted by molar-refractivity contribution is 7.88. The first-order valence-electron chi connectivity index (χ1n) is 11.0. The molecule has 0 fully saturated rings. The predicted octanol–water partition coefficient (Wildman–Crippen LogP) is 6.92. The number of unbranched alkanes of at least 4 members (excludes halogenated alkanes) is 4. The van der Waals surface area contributed by atoms with E-state index in [0.29, 0.717) is 14.6 Å². The maximum atomic E-state index is 10.1. The molecule has 0 saturated heterocycles. The Labute approximate surface area is 188 Å². The van der Waals surface area contributed by atoms with Gasteiger partial charge >= 0.3 is 0 Å². The van der Waals surface area contributed by atoms with E-state index in [4.69, 9.17) is 11.6 Å². The van der Waals surface area contributed by atoms with Crippen LogP contribution in [0.5, 0.6) is 0 Å². The Balaban J connectivity index is 0.000000571. The highest BCUT2D eigenvalue weighted by Crippen LogP contribution is 2.22. The van der Waals surface area contributed by atoms with Gasteiger partial charge in [-0.05, 0) is 43.9 Å². The Hall–Kier alpha value is -0.400. The molecule has 4 nitrogen and oxygen atoms in total. The number of halogens is 1. The van der Waals surface area contributed by atoms with Gasteiger partial charge in [-0.1, -0.05) is 65.0 Å². The van der Waals surface area contributed by atoms with Crippen LogP contribution in [0.3, 0.4) is 0 Å². The normalized spacial score (nSPS) is 12.2. The molecule has 0 radical (unpaired) electrons. The van der Waals surface area contributed by atoms with E-state index in [1.54, 1.807) is 12.1 Å². The zero-order valence-corrected chi connectivity index (χ0v) is 21.1. The second-order valence-electron chi connectivity index (χ2n) is 7.59. The lowest BCUT2D eigenvalue weighted by molar-refractivity contribution is -0.929. The molecule has 0 amide bonds. The van der Waals surface area contributed by atoms with E-state index in [9.17, 15) is 13.0 Å². The third-order valence-corrected chi connectivity index (χ3v) is 6.60. The summed E-state index contributed by atoms with van der Waals surface area (Å²) in [5.74, 6) is 0. The van der Waals surface area contributed by atoms with Crippen LogP contribution < -0.4 is 0 Å². The van der Waals surface area contributed by atoms with Gasteiger partial charge in [-0.3, -0.25) is 0 Å². The lowest BCUT2D eigenvalue weighted by Crippen LogP contribution is -2.50. The van der Waals surface area contributed by atoms with Crippen LogP contribution >= 0.6 is 22.9 Å². The van der Waals surface area contributed by atoms with Gasteiger partial charge < -0.3 is 9.04 Å². The number of hydrogen-bond acceptors (Lipinski definition) is 4. The Kier molecular flexibility index (Phi) is 16.1. The molecule has 1 aromatic rings. The van der Waals surface area contributed by atoms with Crippen LogP contribution in [-0.4, -0.2) is 43.6 Å². The van der Waals surface area contributed by atoms with Crippen molar-refractivity contribution >= 4 is 39.1 Å². The smallest absolute Gasteiger partial charge is 0.117 e. The van der Waals surface area contributed by atoms with Crippen molar-refractivity contribution < 1.29 is 17.5 Å². The van der Waals surface area contributed by atoms with E-state index in [0.717, 1.165) is 0 Å². The number of hydrogen-bond donors (Lipinski definition) is 0. The average Bonchev–Trinajstić information content (AvgIpc) is 3.10. The quantitative estimate of drug-likeness (QED) is 0.221. The molecule has 170 valence electrons. The van der Waals surface area contributed by atoms with E-state index < -0.39 is 10.1 Å². The SMILES string of the molecule is CCCC[N+](CCCC)(CCCC)CCCC.O=S(=O)([O-])/C=C/c1ccc(Cl)s1. The molecule has 1 aromatic heterocycles. The van der Waals surface area contributed by atoms with Crippen LogP contribution in [0.2, 0.25) is 4.34 Å². The lowest BCUT2D eigenvalue weighted by atomic mass is 10.1. The number of thiophene rings is 1. The molecule has 0 aromatic carbocycles. The summed E-state index contributed by atoms with van der Waals surface area (Å²) in [4.78, 5) is 0.638. The van der Waals surface area contributed by atoms with E-state index in [-0.39, 0.29) is 0 Å². The van der Waals surface area contributed by atoms with Crippen molar-refractivity contribution in [1.29, 1.82) is 0 Å². The zero-order chi connectivity index (χ0) is 22.2. The van der Waals surface area contributed by atoms with Gasteiger partial charge in [0.2, 0.25) is 0 Å². The fourth-order valence-corrected chi connectivity index (χ4v) is 4.58. The molecule has 29 heavy (non-hydrogen) atoms. The maximum Gasteiger partial charge on any atom is 0.117 e. The first kappa shape index (κ1) is 28.6. The monoisotopic (exact) mass is 465 g/mol. The van der Waals surface area contributed by atoms with E-state index in [1.807, 2.05) is 0 Å². The fraction of sp³-hybridized carbons (Fsp3) is 0.727. The van der Waals surface area contributed by atoms with Crippen LogP contribution in [0.1, 0.15) is 83.9 Å². The van der Waals surface area contributed by atoms with Gasteiger partial charge in [-0.25, -0.2) is 8.42 Å². The van der Waals surface area contributed by atoms with Gasteiger partial charge in [0.05, 0.1) is 30.5 Å². The maximum absolute atomic E-state index is 10.1. The highest BCUT2D eigenvalue weighted by Gasteiger charge is 2.24. The van der Waals surface area contributed by atoms with Crippen molar-refractivity contribution in [2.24, 2.45) is 0 Å². The standard InChI is InChI=1S/C16H36N.C6H5ClO3S2/c1-5-9-13-17(14-10-6-2,15-11-7-3)16-12-8-4;7-6-2-1-5(11-6)3-4-12(8,9)10/h5-16H2,1-4H3;1-4H,(H,8,9,10)/q+1;/p-1/b;4-3+. The molecule has 0 bridgehead atoms. The minimum atomic E-state index is -4.28. The Bertz CT molecular complexity index is 619. The Morgan fingerprint density at radius 2 is 1.31 bits per heavy atom. The minimum Gasteiger partial charge on any atom is -0.744 e. The summed E-state index contributed by atoms with van der Waals surface area (Å²) < 4.78 is 32.4. The summed E-state index contributed by atoms with van der Waals surface area (Å²) in [6, 6.07) is 3.26. The first-order chi connectivity index (χ1) is 13.7. The Morgan fingerprint density at radius 3 is 1.59 bits per heavy atom. The van der Waals surface area contributed by atoms with Crippen molar-refractivity contribution in [3.05, 3.63) is 26.8 Å². The van der Waals surface area contributed by atoms with Gasteiger partial charge in [0.25, 0.3) is 0 Å². The third kappa shape index (κ3) is 15.1. The molecule has 0 saturated carbocycles. The van der Waals surface area contributed by atoms with Gasteiger partial charge in [0, 0.05) is 10.3 Å². The molecular formula is C22H40ClNO3S2. The van der Waals surface area contributed by atoms with Crippen LogP contribution in [0.4, 0.5) is 0 Å². The fourth-order valence-electron chi connectivity index (χ4n) is 3.21. The molecule has 0 aliphatic heterocycles. The molecule has 0 N–H and O–H groups in total. The number of rotatable bonds is 14. The van der Waals surface area contributed by atoms with Gasteiger partial charge in [-0.15, -0.1) is 11.3 Å². The molecule has 0 spiro atoms. The summed E-state index contributed by atoms with van der Waals surface area (Å²) >= 11 is 6.77. The summed E-state index contributed by atoms with van der Waals surface area (Å²) in [7, 11) is -4.28. The van der Waals surface area contributed by atoms with Crippen LogP contribution in [0.15, 0.2) is 17.5 Å². The van der Waals surface area contributed by atoms with Crippen molar-refractivity contribution in [3.8, 4) is 0 Å². The van der Waals surface area contributed by atoms with E-state index in [1.165, 1.54) is 99.4 Å². The highest BCUT2D eigenvalue weighted by atomic mass is 35.5. The molecular weight excluding hydrogens is 426 g/mol. The van der Waals surface area contributed by atoms with Crippen LogP contribution in [0, 0.1) is 0 Å². The predicted molar refractivity (Wildman–Crippen MR) is 127 cm³/mol. The molecule has 0 unspecified atom stereocenters. The van der Waals surface area contributed by atoms with Crippen LogP contribution in [-0.2, 0) is 10.1 Å². The average molecular weight is 466 g/mol. The molecule has 0 aliphatic rings. The molecule has 1 heterocycles. The lowest BCUT2D eigenvalue weighted by Gasteiger charge is -2.39. The van der Waals surface area contributed by atoms with E-state index >= 15 is 0 Å². The van der Waals surface area contributed by atoms with Gasteiger partial charge in [0.1, 0.15) is 10.1 Å². The van der Waals surface area contributed by atoms with Crippen molar-refractivity contribution in [2.75, 3.05) is 26.2 Å². The first-order valence-corrected chi connectivity index (χ1v) is 13.6. The second-order valence-corrected chi connectivity index (χ2v) is 10.6. The molecule has 7 heteroatoms. The summed E-state index contributed by atoms with van der Waals surface area (Å²) in [5, 5.41) is 0.606. The summed E-state index contributed by atoms with van der Waals surface area (Å²) in [6.45, 7) is 15.0. The second kappa shape index (κ2) is 16.3. The molecule has 1 rings (SSSR count). The van der Waals surface area contributed by atoms with Gasteiger partial charge in [-0.2, -0.15) is 0 Å². The van der Waals surface area contributed by atoms with Crippen molar-refractivity contribution in [1.82, 2.24) is 0 Å². The summed E-state index contributed by atoms with van der Waals surface area (Å²) in [5.41, 5.74) is 0. The summed E-state index contributed by atoms with van der Waals surface area (Å²) in [6.07, 6.45) is 12.3. The number of nitrogens with zero attached hydrogens (tertiary/aromatic N) is 1.